The van der Waals surface area contributed by atoms with Crippen molar-refractivity contribution in [2.75, 3.05) is 12.4 Å². The molecule has 0 aliphatic heterocycles. The number of rotatable bonds is 8. The van der Waals surface area contributed by atoms with Crippen molar-refractivity contribution in [3.8, 4) is 0 Å². The van der Waals surface area contributed by atoms with Gasteiger partial charge in [0.25, 0.3) is 5.56 Å². The van der Waals surface area contributed by atoms with Gasteiger partial charge in [0.2, 0.25) is 5.91 Å². The lowest BCUT2D eigenvalue weighted by atomic mass is 10.1. The number of carbonyl (C=O) groups is 1. The van der Waals surface area contributed by atoms with Gasteiger partial charge >= 0.3 is 0 Å². The van der Waals surface area contributed by atoms with Crippen LogP contribution in [0.1, 0.15) is 24.9 Å². The van der Waals surface area contributed by atoms with Crippen LogP contribution in [0.5, 0.6) is 0 Å². The van der Waals surface area contributed by atoms with Crippen LogP contribution in [0.15, 0.2) is 63.0 Å². The van der Waals surface area contributed by atoms with E-state index < -0.39 is 0 Å². The van der Waals surface area contributed by atoms with Crippen molar-refractivity contribution in [1.29, 1.82) is 0 Å². The number of halogens is 1. The number of aliphatic hydroxyl groups is 1. The molecule has 3 rings (SSSR count). The topological polar surface area (TPSA) is 84.2 Å². The number of hydrogen-bond acceptors (Lipinski definition) is 5. The molecule has 8 heteroatoms. The zero-order chi connectivity index (χ0) is 20.8. The SMILES string of the molecule is CC(NC(=O)CSc1nc2ccccc2c(=O)n1CCCO)c1ccc(Br)cc1. The molecule has 0 radical (unpaired) electrons. The largest absolute Gasteiger partial charge is 0.396 e. The summed E-state index contributed by atoms with van der Waals surface area (Å²) in [6.07, 6.45) is 0.445. The van der Waals surface area contributed by atoms with Gasteiger partial charge in [-0.3, -0.25) is 14.2 Å². The van der Waals surface area contributed by atoms with Crippen molar-refractivity contribution in [2.45, 2.75) is 31.1 Å². The molecule has 1 amide bonds. The summed E-state index contributed by atoms with van der Waals surface area (Å²) < 4.78 is 2.52. The molecule has 1 unspecified atom stereocenters. The molecule has 6 nitrogen and oxygen atoms in total. The zero-order valence-electron chi connectivity index (χ0n) is 16.0. The minimum atomic E-state index is -0.157. The minimum Gasteiger partial charge on any atom is -0.396 e. The number of fused-ring (bicyclic) bond motifs is 1. The summed E-state index contributed by atoms with van der Waals surface area (Å²) in [6.45, 7) is 2.26. The first-order valence-corrected chi connectivity index (χ1v) is 11.1. The smallest absolute Gasteiger partial charge is 0.262 e. The highest BCUT2D eigenvalue weighted by Gasteiger charge is 2.14. The van der Waals surface area contributed by atoms with E-state index in [4.69, 9.17) is 5.11 Å². The van der Waals surface area contributed by atoms with Crippen molar-refractivity contribution in [2.24, 2.45) is 0 Å². The van der Waals surface area contributed by atoms with Gasteiger partial charge in [-0.25, -0.2) is 4.98 Å². The maximum absolute atomic E-state index is 12.8. The highest BCUT2D eigenvalue weighted by molar-refractivity contribution is 9.10. The van der Waals surface area contributed by atoms with Crippen LogP contribution in [0.2, 0.25) is 0 Å². The molecule has 1 heterocycles. The molecule has 152 valence electrons. The number of amides is 1. The molecular weight excluding hydrogens is 454 g/mol. The number of thioether (sulfide) groups is 1. The maximum atomic E-state index is 12.8. The Hall–Kier alpha value is -2.16. The van der Waals surface area contributed by atoms with Crippen molar-refractivity contribution in [1.82, 2.24) is 14.9 Å². The van der Waals surface area contributed by atoms with Crippen LogP contribution in [0.4, 0.5) is 0 Å². The third-order valence-corrected chi connectivity index (χ3v) is 5.95. The van der Waals surface area contributed by atoms with E-state index >= 15 is 0 Å². The quantitative estimate of drug-likeness (QED) is 0.384. The first-order valence-electron chi connectivity index (χ1n) is 9.27. The highest BCUT2D eigenvalue weighted by atomic mass is 79.9. The highest BCUT2D eigenvalue weighted by Crippen LogP contribution is 2.20. The number of hydrogen-bond donors (Lipinski definition) is 2. The van der Waals surface area contributed by atoms with Crippen LogP contribution in [-0.2, 0) is 11.3 Å². The fourth-order valence-electron chi connectivity index (χ4n) is 2.93. The first kappa shape index (κ1) is 21.5. The van der Waals surface area contributed by atoms with Gasteiger partial charge in [0.15, 0.2) is 5.16 Å². The second-order valence-electron chi connectivity index (χ2n) is 6.57. The van der Waals surface area contributed by atoms with Gasteiger partial charge in [0, 0.05) is 17.6 Å². The molecular formula is C21H22BrN3O3S. The number of para-hydroxylation sites is 1. The molecule has 2 aromatic carbocycles. The van der Waals surface area contributed by atoms with E-state index in [-0.39, 0.29) is 29.9 Å². The summed E-state index contributed by atoms with van der Waals surface area (Å²) in [5.74, 6) is 0.00616. The summed E-state index contributed by atoms with van der Waals surface area (Å²) in [6, 6.07) is 14.8. The van der Waals surface area contributed by atoms with Crippen LogP contribution in [0.3, 0.4) is 0 Å². The minimum absolute atomic E-state index is 0.0193. The summed E-state index contributed by atoms with van der Waals surface area (Å²) in [5.41, 5.74) is 1.45. The van der Waals surface area contributed by atoms with Crippen LogP contribution in [-0.4, -0.2) is 32.9 Å². The monoisotopic (exact) mass is 475 g/mol. The van der Waals surface area contributed by atoms with E-state index in [9.17, 15) is 9.59 Å². The van der Waals surface area contributed by atoms with Crippen LogP contribution in [0.25, 0.3) is 10.9 Å². The first-order chi connectivity index (χ1) is 14.0. The lowest BCUT2D eigenvalue weighted by Gasteiger charge is -2.15. The summed E-state index contributed by atoms with van der Waals surface area (Å²) in [5, 5.41) is 13.1. The third kappa shape index (κ3) is 5.46. The van der Waals surface area contributed by atoms with E-state index in [2.05, 4.69) is 26.2 Å². The molecule has 1 atom stereocenters. The van der Waals surface area contributed by atoms with Crippen molar-refractivity contribution in [3.05, 3.63) is 68.9 Å². The van der Waals surface area contributed by atoms with E-state index in [0.29, 0.717) is 29.0 Å². The summed E-state index contributed by atoms with van der Waals surface area (Å²) in [7, 11) is 0. The number of nitrogens with zero attached hydrogens (tertiary/aromatic N) is 2. The van der Waals surface area contributed by atoms with Crippen molar-refractivity contribution in [3.63, 3.8) is 0 Å². The molecule has 0 saturated carbocycles. The Balaban J connectivity index is 1.74. The predicted molar refractivity (Wildman–Crippen MR) is 119 cm³/mol. The Morgan fingerprint density at radius 1 is 1.24 bits per heavy atom. The molecule has 0 spiro atoms. The third-order valence-electron chi connectivity index (χ3n) is 4.45. The second kappa shape index (κ2) is 10.0. The molecule has 0 saturated heterocycles. The van der Waals surface area contributed by atoms with E-state index in [0.717, 1.165) is 10.0 Å². The Morgan fingerprint density at radius 2 is 1.97 bits per heavy atom. The zero-order valence-corrected chi connectivity index (χ0v) is 18.4. The molecule has 0 bridgehead atoms. The Labute approximate surface area is 181 Å². The molecule has 1 aromatic heterocycles. The molecule has 0 fully saturated rings. The Bertz CT molecular complexity index is 1050. The normalized spacial score (nSPS) is 12.1. The lowest BCUT2D eigenvalue weighted by molar-refractivity contribution is -0.119. The van der Waals surface area contributed by atoms with Crippen LogP contribution < -0.4 is 10.9 Å². The summed E-state index contributed by atoms with van der Waals surface area (Å²) >= 11 is 4.63. The maximum Gasteiger partial charge on any atom is 0.262 e. The Morgan fingerprint density at radius 3 is 2.69 bits per heavy atom. The predicted octanol–water partition coefficient (Wildman–Crippen LogP) is 3.51. The van der Waals surface area contributed by atoms with Crippen molar-refractivity contribution < 1.29 is 9.90 Å². The average Bonchev–Trinajstić information content (AvgIpc) is 2.72. The molecule has 0 aliphatic carbocycles. The van der Waals surface area contributed by atoms with Gasteiger partial charge < -0.3 is 10.4 Å². The van der Waals surface area contributed by atoms with Gasteiger partial charge in [0.1, 0.15) is 0 Å². The van der Waals surface area contributed by atoms with E-state index in [1.807, 2.05) is 37.3 Å². The molecule has 3 aromatic rings. The second-order valence-corrected chi connectivity index (χ2v) is 8.43. The number of carbonyl (C=O) groups excluding carboxylic acids is 1. The van der Waals surface area contributed by atoms with Crippen LogP contribution in [0, 0.1) is 0 Å². The number of aromatic nitrogens is 2. The van der Waals surface area contributed by atoms with E-state index in [1.54, 1.807) is 18.2 Å². The van der Waals surface area contributed by atoms with Gasteiger partial charge in [0.05, 0.1) is 22.7 Å². The number of nitrogens with one attached hydrogen (secondary N) is 1. The fraction of sp³-hybridized carbons (Fsp3) is 0.286. The van der Waals surface area contributed by atoms with Gasteiger partial charge in [-0.2, -0.15) is 0 Å². The summed E-state index contributed by atoms with van der Waals surface area (Å²) in [4.78, 5) is 29.8. The van der Waals surface area contributed by atoms with Crippen LogP contribution >= 0.6 is 27.7 Å². The van der Waals surface area contributed by atoms with Gasteiger partial charge in [-0.05, 0) is 43.2 Å². The van der Waals surface area contributed by atoms with Gasteiger partial charge in [-0.15, -0.1) is 0 Å². The van der Waals surface area contributed by atoms with Crippen molar-refractivity contribution >= 4 is 44.5 Å². The standard InChI is InChI=1S/C21H22BrN3O3S/c1-14(15-7-9-16(22)10-8-15)23-19(27)13-29-21-24-18-6-3-2-5-17(18)20(28)25(21)11-4-12-26/h2-3,5-10,14,26H,4,11-13H2,1H3,(H,23,27). The molecule has 29 heavy (non-hydrogen) atoms. The fourth-order valence-corrected chi connectivity index (χ4v) is 4.03. The Kier molecular flexibility index (Phi) is 7.46. The molecule has 2 N–H and O–H groups in total. The van der Waals surface area contributed by atoms with Gasteiger partial charge in [-0.1, -0.05) is 52.0 Å². The van der Waals surface area contributed by atoms with E-state index in [1.165, 1.54) is 16.3 Å². The number of benzene rings is 2. The average molecular weight is 476 g/mol. The lowest BCUT2D eigenvalue weighted by Crippen LogP contribution is -2.29. The molecule has 0 aliphatic rings. The number of aliphatic hydroxyl groups excluding tert-OH is 1.